The lowest BCUT2D eigenvalue weighted by molar-refractivity contribution is -0.117. The van der Waals surface area contributed by atoms with Crippen LogP contribution in [-0.4, -0.2) is 33.0 Å². The molecule has 32 heavy (non-hydrogen) atoms. The second kappa shape index (κ2) is 8.88. The minimum Gasteiger partial charge on any atom is -0.489 e. The van der Waals surface area contributed by atoms with Crippen molar-refractivity contribution in [3.05, 3.63) is 90.5 Å². The van der Waals surface area contributed by atoms with Crippen LogP contribution < -0.4 is 9.64 Å². The van der Waals surface area contributed by atoms with Crippen LogP contribution in [0, 0.1) is 0 Å². The molecule has 0 aliphatic carbocycles. The molecule has 160 valence electrons. The zero-order chi connectivity index (χ0) is 21.9. The fourth-order valence-electron chi connectivity index (χ4n) is 3.89. The molecule has 0 saturated heterocycles. The molecule has 0 radical (unpaired) electrons. The highest BCUT2D eigenvalue weighted by Gasteiger charge is 2.33. The summed E-state index contributed by atoms with van der Waals surface area (Å²) in [7, 11) is 1.92. The average Bonchev–Trinajstić information content (AvgIpc) is 3.23. The van der Waals surface area contributed by atoms with Crippen molar-refractivity contribution in [1.29, 1.82) is 0 Å². The standard InChI is InChI=1S/C25H22N4O2S/c1-28-24(19-12-6-3-7-13-19)26-27-25(28)32-17-23(30)29-20-14-8-9-15-22(20)31-16-21(29)18-10-4-2-5-11-18/h2-15,21H,16-17H2,1H3/t21-/m1/s1. The van der Waals surface area contributed by atoms with Crippen LogP contribution in [0.2, 0.25) is 0 Å². The molecular formula is C25H22N4O2S. The summed E-state index contributed by atoms with van der Waals surface area (Å²) < 4.78 is 7.90. The van der Waals surface area contributed by atoms with Crippen LogP contribution in [-0.2, 0) is 11.8 Å². The SMILES string of the molecule is Cn1c(SCC(=O)N2c3ccccc3OC[C@@H]2c2ccccc2)nnc1-c1ccccc1. The molecule has 5 rings (SSSR count). The Bertz CT molecular complexity index is 1230. The molecule has 1 atom stereocenters. The van der Waals surface area contributed by atoms with Crippen molar-refractivity contribution in [3.63, 3.8) is 0 Å². The molecular weight excluding hydrogens is 420 g/mol. The van der Waals surface area contributed by atoms with Gasteiger partial charge >= 0.3 is 0 Å². The maximum atomic E-state index is 13.5. The van der Waals surface area contributed by atoms with Crippen molar-refractivity contribution < 1.29 is 9.53 Å². The molecule has 0 spiro atoms. The molecule has 7 heteroatoms. The molecule has 0 unspecified atom stereocenters. The van der Waals surface area contributed by atoms with Gasteiger partial charge < -0.3 is 9.30 Å². The second-order valence-corrected chi connectivity index (χ2v) is 8.43. The van der Waals surface area contributed by atoms with Crippen molar-refractivity contribution >= 4 is 23.4 Å². The van der Waals surface area contributed by atoms with E-state index < -0.39 is 0 Å². The summed E-state index contributed by atoms with van der Waals surface area (Å²) in [6.45, 7) is 0.416. The molecule has 1 aliphatic heterocycles. The van der Waals surface area contributed by atoms with Crippen LogP contribution in [0.1, 0.15) is 11.6 Å². The fraction of sp³-hybridized carbons (Fsp3) is 0.160. The van der Waals surface area contributed by atoms with Gasteiger partial charge in [-0.15, -0.1) is 10.2 Å². The summed E-state index contributed by atoms with van der Waals surface area (Å²) in [6, 6.07) is 27.4. The Hall–Kier alpha value is -3.58. The van der Waals surface area contributed by atoms with E-state index in [2.05, 4.69) is 10.2 Å². The maximum absolute atomic E-state index is 13.5. The van der Waals surface area contributed by atoms with Gasteiger partial charge in [0.15, 0.2) is 11.0 Å². The summed E-state index contributed by atoms with van der Waals surface area (Å²) in [5.41, 5.74) is 2.83. The molecule has 1 amide bonds. The first-order chi connectivity index (χ1) is 15.7. The van der Waals surface area contributed by atoms with E-state index >= 15 is 0 Å². The number of rotatable bonds is 5. The third kappa shape index (κ3) is 3.87. The summed E-state index contributed by atoms with van der Waals surface area (Å²) in [5, 5.41) is 9.34. The van der Waals surface area contributed by atoms with Crippen LogP contribution in [0.25, 0.3) is 11.4 Å². The number of carbonyl (C=O) groups excluding carboxylic acids is 1. The van der Waals surface area contributed by atoms with Gasteiger partial charge in [-0.3, -0.25) is 9.69 Å². The number of aromatic nitrogens is 3. The summed E-state index contributed by atoms with van der Waals surface area (Å²) in [4.78, 5) is 15.4. The van der Waals surface area contributed by atoms with Gasteiger partial charge in [0.25, 0.3) is 0 Å². The molecule has 0 fully saturated rings. The minimum atomic E-state index is -0.182. The van der Waals surface area contributed by atoms with Gasteiger partial charge in [-0.25, -0.2) is 0 Å². The Kier molecular flexibility index (Phi) is 5.64. The van der Waals surface area contributed by atoms with E-state index in [-0.39, 0.29) is 17.7 Å². The van der Waals surface area contributed by atoms with E-state index in [9.17, 15) is 4.79 Å². The highest BCUT2D eigenvalue weighted by Crippen LogP contribution is 2.39. The number of carbonyl (C=O) groups is 1. The highest BCUT2D eigenvalue weighted by molar-refractivity contribution is 7.99. The van der Waals surface area contributed by atoms with Gasteiger partial charge in [0.05, 0.1) is 17.5 Å². The maximum Gasteiger partial charge on any atom is 0.238 e. The smallest absolute Gasteiger partial charge is 0.238 e. The van der Waals surface area contributed by atoms with E-state index in [1.54, 1.807) is 0 Å². The van der Waals surface area contributed by atoms with Crippen molar-refractivity contribution in [2.45, 2.75) is 11.2 Å². The lowest BCUT2D eigenvalue weighted by atomic mass is 10.0. The van der Waals surface area contributed by atoms with Crippen LogP contribution in [0.5, 0.6) is 5.75 Å². The second-order valence-electron chi connectivity index (χ2n) is 7.49. The van der Waals surface area contributed by atoms with Gasteiger partial charge in [0.2, 0.25) is 5.91 Å². The van der Waals surface area contributed by atoms with Gasteiger partial charge in [0, 0.05) is 12.6 Å². The summed E-state index contributed by atoms with van der Waals surface area (Å²) in [6.07, 6.45) is 0. The van der Waals surface area contributed by atoms with Crippen LogP contribution in [0.3, 0.4) is 0 Å². The average molecular weight is 443 g/mol. The predicted octanol–water partition coefficient (Wildman–Crippen LogP) is 4.74. The number of benzene rings is 3. The number of fused-ring (bicyclic) bond motifs is 1. The minimum absolute atomic E-state index is 0.00358. The summed E-state index contributed by atoms with van der Waals surface area (Å²) >= 11 is 1.39. The number of amides is 1. The Morgan fingerprint density at radius 2 is 1.66 bits per heavy atom. The Labute approximate surface area is 190 Å². The number of hydrogen-bond donors (Lipinski definition) is 0. The molecule has 4 aromatic rings. The largest absolute Gasteiger partial charge is 0.489 e. The molecule has 0 bridgehead atoms. The number of para-hydroxylation sites is 2. The van der Waals surface area contributed by atoms with E-state index in [0.717, 1.165) is 28.4 Å². The highest BCUT2D eigenvalue weighted by atomic mass is 32.2. The fourth-order valence-corrected chi connectivity index (χ4v) is 4.66. The quantitative estimate of drug-likeness (QED) is 0.418. The first-order valence-electron chi connectivity index (χ1n) is 10.4. The number of nitrogens with zero attached hydrogens (tertiary/aromatic N) is 4. The number of ether oxygens (including phenoxy) is 1. The van der Waals surface area contributed by atoms with Crippen molar-refractivity contribution in [1.82, 2.24) is 14.8 Å². The van der Waals surface area contributed by atoms with Gasteiger partial charge in [-0.2, -0.15) is 0 Å². The topological polar surface area (TPSA) is 60.2 Å². The number of anilines is 1. The molecule has 6 nitrogen and oxygen atoms in total. The van der Waals surface area contributed by atoms with Crippen LogP contribution in [0.4, 0.5) is 5.69 Å². The van der Waals surface area contributed by atoms with Crippen molar-refractivity contribution in [2.24, 2.45) is 7.05 Å². The van der Waals surface area contributed by atoms with Crippen LogP contribution >= 0.6 is 11.8 Å². The monoisotopic (exact) mass is 442 g/mol. The Balaban J connectivity index is 1.39. The van der Waals surface area contributed by atoms with E-state index in [0.29, 0.717) is 11.8 Å². The molecule has 1 aliphatic rings. The molecule has 3 aromatic carbocycles. The zero-order valence-electron chi connectivity index (χ0n) is 17.6. The Morgan fingerprint density at radius 1 is 0.969 bits per heavy atom. The zero-order valence-corrected chi connectivity index (χ0v) is 18.4. The predicted molar refractivity (Wildman–Crippen MR) is 126 cm³/mol. The summed E-state index contributed by atoms with van der Waals surface area (Å²) in [5.74, 6) is 1.75. The lowest BCUT2D eigenvalue weighted by Crippen LogP contribution is -2.42. The van der Waals surface area contributed by atoms with Gasteiger partial charge in [0.1, 0.15) is 12.4 Å². The van der Waals surface area contributed by atoms with Gasteiger partial charge in [-0.1, -0.05) is 84.6 Å². The van der Waals surface area contributed by atoms with Crippen molar-refractivity contribution in [2.75, 3.05) is 17.3 Å². The first kappa shape index (κ1) is 20.3. The first-order valence-corrected chi connectivity index (χ1v) is 11.4. The van der Waals surface area contributed by atoms with E-state index in [1.807, 2.05) is 101 Å². The third-order valence-electron chi connectivity index (χ3n) is 5.48. The van der Waals surface area contributed by atoms with E-state index in [1.165, 1.54) is 11.8 Å². The third-order valence-corrected chi connectivity index (χ3v) is 6.48. The molecule has 0 saturated carbocycles. The normalized spacial score (nSPS) is 15.2. The number of thioether (sulfide) groups is 1. The molecule has 1 aromatic heterocycles. The van der Waals surface area contributed by atoms with Crippen LogP contribution in [0.15, 0.2) is 90.1 Å². The Morgan fingerprint density at radius 3 is 2.44 bits per heavy atom. The molecule has 0 N–H and O–H groups in total. The van der Waals surface area contributed by atoms with Crippen molar-refractivity contribution in [3.8, 4) is 17.1 Å². The van der Waals surface area contributed by atoms with Gasteiger partial charge in [-0.05, 0) is 17.7 Å². The number of hydrogen-bond acceptors (Lipinski definition) is 5. The molecule has 2 heterocycles. The lowest BCUT2D eigenvalue weighted by Gasteiger charge is -2.37. The van der Waals surface area contributed by atoms with E-state index in [4.69, 9.17) is 4.74 Å².